The molecular weight excluding hydrogens is 340 g/mol. The molecule has 5 nitrogen and oxygen atoms in total. The number of nitrogens with zero attached hydrogens (tertiary/aromatic N) is 1. The molecule has 0 spiro atoms. The van der Waals surface area contributed by atoms with E-state index in [9.17, 15) is 14.9 Å². The van der Waals surface area contributed by atoms with E-state index in [1.165, 1.54) is 13.2 Å². The van der Waals surface area contributed by atoms with Crippen LogP contribution in [0.3, 0.4) is 0 Å². The van der Waals surface area contributed by atoms with Gasteiger partial charge in [-0.3, -0.25) is 4.79 Å². The molecule has 2 aromatic rings. The summed E-state index contributed by atoms with van der Waals surface area (Å²) in [7, 11) is 1.27. The van der Waals surface area contributed by atoms with Gasteiger partial charge in [0.05, 0.1) is 12.7 Å². The SMILES string of the molecule is COC(=O)c1ccccc1/C=C(\C#N)C(=O)Nc1cccc(Cl)c1C. The van der Waals surface area contributed by atoms with E-state index in [2.05, 4.69) is 5.32 Å². The zero-order valence-corrected chi connectivity index (χ0v) is 14.4. The lowest BCUT2D eigenvalue weighted by Gasteiger charge is -2.09. The van der Waals surface area contributed by atoms with Crippen molar-refractivity contribution in [1.29, 1.82) is 5.26 Å². The van der Waals surface area contributed by atoms with Gasteiger partial charge in [0.15, 0.2) is 0 Å². The summed E-state index contributed by atoms with van der Waals surface area (Å²) in [5.74, 6) is -1.14. The highest BCUT2D eigenvalue weighted by Crippen LogP contribution is 2.23. The third-order valence-corrected chi connectivity index (χ3v) is 3.96. The Balaban J connectivity index is 2.35. The highest BCUT2D eigenvalue weighted by molar-refractivity contribution is 6.31. The van der Waals surface area contributed by atoms with E-state index in [1.807, 2.05) is 6.07 Å². The van der Waals surface area contributed by atoms with Crippen molar-refractivity contribution in [3.8, 4) is 6.07 Å². The van der Waals surface area contributed by atoms with Crippen LogP contribution in [0.4, 0.5) is 5.69 Å². The second-order valence-electron chi connectivity index (χ2n) is 5.12. The molecule has 0 aliphatic heterocycles. The number of ether oxygens (including phenoxy) is 1. The van der Waals surface area contributed by atoms with Gasteiger partial charge in [-0.05, 0) is 42.3 Å². The second kappa shape index (κ2) is 8.13. The normalized spacial score (nSPS) is 10.7. The van der Waals surface area contributed by atoms with Crippen molar-refractivity contribution in [1.82, 2.24) is 0 Å². The molecule has 25 heavy (non-hydrogen) atoms. The number of hydrogen-bond donors (Lipinski definition) is 1. The Morgan fingerprint density at radius 1 is 1.20 bits per heavy atom. The third-order valence-electron chi connectivity index (χ3n) is 3.55. The maximum Gasteiger partial charge on any atom is 0.338 e. The molecule has 0 saturated carbocycles. The number of methoxy groups -OCH3 is 1. The first-order chi connectivity index (χ1) is 12.0. The summed E-state index contributed by atoms with van der Waals surface area (Å²) in [6, 6.07) is 13.5. The standard InChI is InChI=1S/C19H15ClN2O3/c1-12-16(20)8-5-9-17(12)22-18(23)14(11-21)10-13-6-3-4-7-15(13)19(24)25-2/h3-10H,1-2H3,(H,22,23)/b14-10+. The minimum Gasteiger partial charge on any atom is -0.465 e. The molecule has 2 aromatic carbocycles. The molecular formula is C19H15ClN2O3. The van der Waals surface area contributed by atoms with Gasteiger partial charge in [-0.25, -0.2) is 4.79 Å². The molecule has 6 heteroatoms. The zero-order chi connectivity index (χ0) is 18.4. The molecule has 0 aliphatic carbocycles. The number of carbonyl (C=O) groups is 2. The Labute approximate surface area is 150 Å². The van der Waals surface area contributed by atoms with Crippen LogP contribution in [0.1, 0.15) is 21.5 Å². The van der Waals surface area contributed by atoms with Crippen molar-refractivity contribution in [3.05, 3.63) is 69.8 Å². The van der Waals surface area contributed by atoms with Gasteiger partial charge < -0.3 is 10.1 Å². The lowest BCUT2D eigenvalue weighted by molar-refractivity contribution is -0.112. The molecule has 1 amide bonds. The quantitative estimate of drug-likeness (QED) is 0.511. The van der Waals surface area contributed by atoms with Crippen LogP contribution >= 0.6 is 11.6 Å². The van der Waals surface area contributed by atoms with Gasteiger partial charge in [-0.15, -0.1) is 0 Å². The van der Waals surface area contributed by atoms with Gasteiger partial charge in [-0.2, -0.15) is 5.26 Å². The van der Waals surface area contributed by atoms with Gasteiger partial charge >= 0.3 is 5.97 Å². The van der Waals surface area contributed by atoms with Gasteiger partial charge in [0.2, 0.25) is 0 Å². The molecule has 0 aromatic heterocycles. The van der Waals surface area contributed by atoms with Crippen LogP contribution in [0.2, 0.25) is 5.02 Å². The topological polar surface area (TPSA) is 79.2 Å². The summed E-state index contributed by atoms with van der Waals surface area (Å²) in [6.07, 6.45) is 1.35. The summed E-state index contributed by atoms with van der Waals surface area (Å²) < 4.78 is 4.71. The van der Waals surface area contributed by atoms with E-state index in [0.29, 0.717) is 21.8 Å². The summed E-state index contributed by atoms with van der Waals surface area (Å²) in [5, 5.41) is 12.5. The Morgan fingerprint density at radius 3 is 2.60 bits per heavy atom. The van der Waals surface area contributed by atoms with Crippen molar-refractivity contribution >= 4 is 35.2 Å². The molecule has 0 aliphatic rings. The van der Waals surface area contributed by atoms with Crippen LogP contribution in [0.5, 0.6) is 0 Å². The smallest absolute Gasteiger partial charge is 0.338 e. The number of anilines is 1. The highest BCUT2D eigenvalue weighted by Gasteiger charge is 2.15. The Hall–Kier alpha value is -3.10. The first-order valence-corrected chi connectivity index (χ1v) is 7.71. The molecule has 126 valence electrons. The van der Waals surface area contributed by atoms with E-state index in [-0.39, 0.29) is 11.1 Å². The number of rotatable bonds is 4. The van der Waals surface area contributed by atoms with Crippen LogP contribution in [-0.4, -0.2) is 19.0 Å². The molecule has 0 saturated heterocycles. The third kappa shape index (κ3) is 4.25. The molecule has 0 bridgehead atoms. The number of halogens is 1. The molecule has 0 atom stereocenters. The van der Waals surface area contributed by atoms with Crippen LogP contribution in [0, 0.1) is 18.3 Å². The van der Waals surface area contributed by atoms with Gasteiger partial charge in [0.1, 0.15) is 11.6 Å². The number of amides is 1. The molecule has 2 rings (SSSR count). The van der Waals surface area contributed by atoms with Gasteiger partial charge in [0.25, 0.3) is 5.91 Å². The first kappa shape index (κ1) is 18.2. The van der Waals surface area contributed by atoms with Crippen molar-refractivity contribution in [2.24, 2.45) is 0 Å². The summed E-state index contributed by atoms with van der Waals surface area (Å²) in [6.45, 7) is 1.76. The van der Waals surface area contributed by atoms with Crippen LogP contribution in [-0.2, 0) is 9.53 Å². The fourth-order valence-electron chi connectivity index (χ4n) is 2.16. The Morgan fingerprint density at radius 2 is 1.92 bits per heavy atom. The number of esters is 1. The van der Waals surface area contributed by atoms with Crippen molar-refractivity contribution < 1.29 is 14.3 Å². The first-order valence-electron chi connectivity index (χ1n) is 7.33. The summed E-state index contributed by atoms with van der Waals surface area (Å²) >= 11 is 6.03. The largest absolute Gasteiger partial charge is 0.465 e. The number of benzene rings is 2. The monoisotopic (exact) mass is 354 g/mol. The fourth-order valence-corrected chi connectivity index (χ4v) is 2.33. The molecule has 0 unspecified atom stereocenters. The number of hydrogen-bond acceptors (Lipinski definition) is 4. The Kier molecular flexibility index (Phi) is 5.93. The number of nitrogens with one attached hydrogen (secondary N) is 1. The van der Waals surface area contributed by atoms with E-state index in [1.54, 1.807) is 49.4 Å². The number of carbonyl (C=O) groups excluding carboxylic acids is 2. The predicted octanol–water partition coefficient (Wildman–Crippen LogP) is 3.98. The van der Waals surface area contributed by atoms with E-state index >= 15 is 0 Å². The van der Waals surface area contributed by atoms with E-state index < -0.39 is 11.9 Å². The van der Waals surface area contributed by atoms with E-state index in [4.69, 9.17) is 16.3 Å². The second-order valence-corrected chi connectivity index (χ2v) is 5.52. The minimum absolute atomic E-state index is 0.143. The van der Waals surface area contributed by atoms with Crippen molar-refractivity contribution in [2.75, 3.05) is 12.4 Å². The van der Waals surface area contributed by atoms with Gasteiger partial charge in [-0.1, -0.05) is 35.9 Å². The number of nitriles is 1. The molecule has 0 heterocycles. The average molecular weight is 355 g/mol. The zero-order valence-electron chi connectivity index (χ0n) is 13.7. The van der Waals surface area contributed by atoms with Gasteiger partial charge in [0, 0.05) is 10.7 Å². The maximum absolute atomic E-state index is 12.4. The van der Waals surface area contributed by atoms with Crippen LogP contribution in [0.25, 0.3) is 6.08 Å². The summed E-state index contributed by atoms with van der Waals surface area (Å²) in [4.78, 5) is 24.2. The van der Waals surface area contributed by atoms with Crippen LogP contribution < -0.4 is 5.32 Å². The van der Waals surface area contributed by atoms with Crippen molar-refractivity contribution in [2.45, 2.75) is 6.92 Å². The Bertz CT molecular complexity index is 898. The maximum atomic E-state index is 12.4. The predicted molar refractivity (Wildman–Crippen MR) is 96.2 cm³/mol. The average Bonchev–Trinajstić information content (AvgIpc) is 2.63. The van der Waals surface area contributed by atoms with Crippen LogP contribution in [0.15, 0.2) is 48.0 Å². The fraction of sp³-hybridized carbons (Fsp3) is 0.105. The molecule has 0 radical (unpaired) electrons. The van der Waals surface area contributed by atoms with Crippen molar-refractivity contribution in [3.63, 3.8) is 0 Å². The minimum atomic E-state index is -0.590. The van der Waals surface area contributed by atoms with E-state index in [0.717, 1.165) is 0 Å². The molecule has 0 fully saturated rings. The highest BCUT2D eigenvalue weighted by atomic mass is 35.5. The molecule has 1 N–H and O–H groups in total. The summed E-state index contributed by atoms with van der Waals surface area (Å²) in [5.41, 5.74) is 1.76. The lowest BCUT2D eigenvalue weighted by Crippen LogP contribution is -2.14. The lowest BCUT2D eigenvalue weighted by atomic mass is 10.0.